The zero-order valence-corrected chi connectivity index (χ0v) is 67.3. The molecule has 54 heteroatoms. The van der Waals surface area contributed by atoms with Crippen molar-refractivity contribution in [2.24, 2.45) is 0 Å². The molecule has 1 nitrogen and oxygen atoms in total. The Kier molecular flexibility index (Phi) is 24.0. The summed E-state index contributed by atoms with van der Waals surface area (Å²) in [4.78, 5) is 0. The highest BCUT2D eigenvalue weighted by Crippen LogP contribution is 2.58. The summed E-state index contributed by atoms with van der Waals surface area (Å²) in [5.41, 5.74) is -30.1. The minimum atomic E-state index is -8.50. The molecule has 0 aliphatic heterocycles. The topological polar surface area (TPSA) is 16.6 Å². The van der Waals surface area contributed by atoms with Crippen LogP contribution >= 0.6 is 0 Å². The van der Waals surface area contributed by atoms with Crippen molar-refractivity contribution in [1.82, 2.24) is 0 Å². The second kappa shape index (κ2) is 33.6. The van der Waals surface area contributed by atoms with Gasteiger partial charge in [0.25, 0.3) is 0 Å². The fraction of sp³-hybridized carbons (Fsp3) is 0.136. The maximum absolute atomic E-state index is 19.3. The first-order valence-electron chi connectivity index (χ1n) is 38.7. The number of benzene rings is 18. The summed E-state index contributed by atoms with van der Waals surface area (Å²) in [6.45, 7) is 7.15. The van der Waals surface area contributed by atoms with Crippen molar-refractivity contribution in [2.75, 3.05) is 13.1 Å². The molecule has 0 saturated heterocycles. The minimum absolute atomic E-state index is 1.31. The van der Waals surface area contributed by atoms with Gasteiger partial charge >= 0.3 is 18.3 Å². The van der Waals surface area contributed by atoms with Crippen LogP contribution in [0.25, 0.3) is 140 Å². The smallest absolute Gasteiger partial charge is 0.346 e. The number of hydrogen-bond acceptors (Lipinski definition) is 0. The summed E-state index contributed by atoms with van der Waals surface area (Å²) >= 11 is 0. The van der Waals surface area contributed by atoms with E-state index in [-0.39, 0.29) is 0 Å². The molecule has 0 aliphatic rings. The van der Waals surface area contributed by atoms with Gasteiger partial charge in [-0.25, -0.2) is 193 Å². The SMILES string of the molecule is CCCCCC[NH2+]CCC.Fc1c(F)c(F)c(-c2c(C(F)(F)F)c(F)c(F)c(F)c2C(F)(F)C(F)(F)F)c(F)c1F.Fc1c(F)c2c(F)c(F)c3c(F)c(F)c([B-](c4c(F)c(F)c5c(F)c(F)c6c(F)c(F)c(F)c7c(F)c(F)c4c5c67)(c4c(F)c(F)c5c(F)c(F)c6c(F)c(F)c(F)c7c(F)c(F)c4c5c67)c4c(F)c(F)c5c(F)c(F)c6c(F)c(F)c(F)c7c(F)c(F)c4c5c67)c4c(F)c(F)c(c1F)c2c34. The molecule has 0 aromatic heterocycles. The zero-order valence-electron chi connectivity index (χ0n) is 67.3. The minimum Gasteiger partial charge on any atom is -0.346 e. The lowest BCUT2D eigenvalue weighted by Crippen LogP contribution is -2.84. The average molecular weight is 2090 g/mol. The van der Waals surface area contributed by atoms with Gasteiger partial charge in [0.05, 0.1) is 88.9 Å². The number of alkyl halides is 8. The summed E-state index contributed by atoms with van der Waals surface area (Å²) in [7, 11) is 0. The van der Waals surface area contributed by atoms with Crippen LogP contribution < -0.4 is 27.2 Å². The molecule has 18 aromatic carbocycles. The Morgan fingerprint density at radius 1 is 0.162 bits per heavy atom. The fourth-order valence-corrected chi connectivity index (χ4v) is 18.6. The van der Waals surface area contributed by atoms with Crippen LogP contribution in [0, 0.1) is 256 Å². The van der Waals surface area contributed by atoms with E-state index in [1.807, 2.05) is 0 Å². The van der Waals surface area contributed by atoms with E-state index in [2.05, 4.69) is 19.2 Å². The summed E-state index contributed by atoms with van der Waals surface area (Å²) in [5.74, 6) is -163. The quantitative estimate of drug-likeness (QED) is 0.0296. The van der Waals surface area contributed by atoms with Crippen molar-refractivity contribution in [3.05, 3.63) is 267 Å². The van der Waals surface area contributed by atoms with E-state index in [0.717, 1.165) is 0 Å². The van der Waals surface area contributed by atoms with Crippen molar-refractivity contribution in [1.29, 1.82) is 0 Å². The Morgan fingerprint density at radius 3 is 0.542 bits per heavy atom. The first kappa shape index (κ1) is 101. The summed E-state index contributed by atoms with van der Waals surface area (Å²) in [5, 5.41) is -68.9. The van der Waals surface area contributed by atoms with E-state index in [1.54, 1.807) is 0 Å². The lowest BCUT2D eigenvalue weighted by atomic mass is 9.11. The van der Waals surface area contributed by atoms with Crippen LogP contribution in [0.15, 0.2) is 0 Å². The number of quaternary nitrogens is 1. The Labute approximate surface area is 744 Å². The number of nitrogens with two attached hydrogens (primary N) is 1. The summed E-state index contributed by atoms with van der Waals surface area (Å²) in [6, 6.07) is 0. The van der Waals surface area contributed by atoms with Gasteiger partial charge in [-0.1, -0.05) is 26.7 Å². The number of rotatable bonds is 13. The second-order valence-corrected chi connectivity index (χ2v) is 31.3. The Bertz CT molecular complexity index is 7770. The molecule has 0 radical (unpaired) electrons. The lowest BCUT2D eigenvalue weighted by Gasteiger charge is -2.48. The Morgan fingerprint density at radius 2 is 0.338 bits per heavy atom. The van der Waals surface area contributed by atoms with Crippen molar-refractivity contribution in [3.8, 4) is 11.1 Å². The van der Waals surface area contributed by atoms with Gasteiger partial charge in [-0.15, -0.1) is 21.9 Å². The van der Waals surface area contributed by atoms with Crippen LogP contribution in [0.5, 0.6) is 0 Å². The molecule has 0 spiro atoms. The first-order valence-corrected chi connectivity index (χ1v) is 38.7. The van der Waals surface area contributed by atoms with Gasteiger partial charge in [0, 0.05) is 48.7 Å². The molecule has 18 aromatic rings. The monoisotopic (exact) mass is 2090 g/mol. The standard InChI is InChI=1S/C64BF36.C15F16.C9H21N/c66-29-9-1-5-17(33(29)70)49(86)61(98)53(90)21(5)41(78)37(74)13(1)45(82)57(94)25(9)65(26-10-2-6-18(34(71)30(10)67)50(87)62(99)54(91)22(6)42(79)38(75)14(2)46(83)58(26)95,27-11-3-7-19(35(72)31(11)68)51(88)63(100)55(92)23(7)43(80)39(76)15(3)47(84)59(27)96)28-12-4-8-20(36(73)32(12)69)52(89)64(101)56(93)24(8)44(81)40(77)16(4)48(85)60(28)97;16-5-2(6(17)10(21)12(23)9(5)20)1-3(13(24,25)15(29,30)31)7(18)11(22)8(19)4(1)14(26,27)28;1-3-5-6-7-9-10-8-4-2/h;;10H,3-9H2,1-2H3/q-1;;/p+1. The predicted molar refractivity (Wildman–Crippen MR) is 396 cm³/mol. The van der Waals surface area contributed by atoms with E-state index in [1.165, 1.54) is 45.2 Å². The zero-order chi connectivity index (χ0) is 106. The molecule has 2 N–H and O–H groups in total. The molecule has 746 valence electrons. The Balaban J connectivity index is 0.000000294. The summed E-state index contributed by atoms with van der Waals surface area (Å²) in [6.07, 6.45) is -15.3. The molecule has 0 atom stereocenters. The molecule has 0 aliphatic carbocycles. The highest BCUT2D eigenvalue weighted by atomic mass is 19.4. The average Bonchev–Trinajstić information content (AvgIpc) is 0.644. The Hall–Kier alpha value is -13.5. The van der Waals surface area contributed by atoms with Crippen molar-refractivity contribution in [2.45, 2.75) is 64.2 Å². The number of unbranched alkanes of at least 4 members (excludes halogenated alkanes) is 3. The van der Waals surface area contributed by atoms with Crippen molar-refractivity contribution in [3.63, 3.8) is 0 Å². The van der Waals surface area contributed by atoms with E-state index in [0.29, 0.717) is 0 Å². The molecule has 142 heavy (non-hydrogen) atoms. The first-order chi connectivity index (χ1) is 66.0. The third-order valence-electron chi connectivity index (χ3n) is 24.2. The van der Waals surface area contributed by atoms with Gasteiger partial charge in [-0.2, -0.15) is 35.1 Å². The molecule has 0 fully saturated rings. The lowest BCUT2D eigenvalue weighted by molar-refractivity contribution is -0.655. The molecule has 0 heterocycles. The molecular formula is C88H22BF52N. The number of halogens is 52. The van der Waals surface area contributed by atoms with E-state index in [9.17, 15) is 70.2 Å². The third kappa shape index (κ3) is 12.8. The molecule has 0 saturated carbocycles. The molecule has 18 rings (SSSR count). The maximum Gasteiger partial charge on any atom is 0.458 e. The van der Waals surface area contributed by atoms with Crippen LogP contribution in [-0.4, -0.2) is 25.4 Å². The van der Waals surface area contributed by atoms with Crippen molar-refractivity contribution >= 4 is 157 Å². The molecule has 0 unspecified atom stereocenters. The normalized spacial score (nSPS) is 12.8. The van der Waals surface area contributed by atoms with E-state index in [4.69, 9.17) is 0 Å². The van der Waals surface area contributed by atoms with Gasteiger partial charge in [0.15, 0.2) is 227 Å². The predicted octanol–water partition coefficient (Wildman–Crippen LogP) is 28.3. The number of hydrogen-bond donors (Lipinski definition) is 1. The highest BCUT2D eigenvalue weighted by Gasteiger charge is 2.64. The van der Waals surface area contributed by atoms with E-state index < -0.39 is 454 Å². The van der Waals surface area contributed by atoms with Gasteiger partial charge in [0.1, 0.15) is 35.0 Å². The highest BCUT2D eigenvalue weighted by molar-refractivity contribution is 7.23. The molecule has 0 amide bonds. The van der Waals surface area contributed by atoms with Gasteiger partial charge < -0.3 is 5.32 Å². The third-order valence-corrected chi connectivity index (χ3v) is 24.2. The summed E-state index contributed by atoms with van der Waals surface area (Å²) < 4.78 is 834. The van der Waals surface area contributed by atoms with Crippen LogP contribution in [0.3, 0.4) is 0 Å². The fourth-order valence-electron chi connectivity index (χ4n) is 18.6. The van der Waals surface area contributed by atoms with Crippen LogP contribution in [-0.2, 0) is 12.1 Å². The molecule has 0 bridgehead atoms. The van der Waals surface area contributed by atoms with Crippen LogP contribution in [0.4, 0.5) is 228 Å². The van der Waals surface area contributed by atoms with E-state index >= 15 is 158 Å². The maximum atomic E-state index is 19.3. The largest absolute Gasteiger partial charge is 0.458 e. The molecular weight excluding hydrogens is 2070 g/mol. The van der Waals surface area contributed by atoms with Gasteiger partial charge in [-0.3, -0.25) is 0 Å². The van der Waals surface area contributed by atoms with Crippen LogP contribution in [0.1, 0.15) is 57.1 Å². The van der Waals surface area contributed by atoms with Gasteiger partial charge in [0.2, 0.25) is 5.82 Å². The van der Waals surface area contributed by atoms with Crippen LogP contribution in [0.2, 0.25) is 0 Å². The van der Waals surface area contributed by atoms with Gasteiger partial charge in [-0.05, 0) is 40.8 Å². The second-order valence-electron chi connectivity index (χ2n) is 31.3. The van der Waals surface area contributed by atoms with Crippen molar-refractivity contribution < 1.29 is 234 Å².